The summed E-state index contributed by atoms with van der Waals surface area (Å²) in [6.45, 7) is 9.58. The van der Waals surface area contributed by atoms with Crippen molar-refractivity contribution in [3.8, 4) is 0 Å². The van der Waals surface area contributed by atoms with Gasteiger partial charge in [0.2, 0.25) is 5.91 Å². The maximum Gasteiger partial charge on any atom is 0.227 e. The molecule has 0 aromatic heterocycles. The molecule has 0 fully saturated rings. The number of quaternary nitrogens is 1. The number of carbonyl (C=O) groups is 1. The van der Waals surface area contributed by atoms with Crippen LogP contribution in [0.5, 0.6) is 0 Å². The monoisotopic (exact) mass is 446 g/mol. The first-order chi connectivity index (χ1) is 10.6. The quantitative estimate of drug-likeness (QED) is 0.460. The molecular formula is C20H35IN2O. The second-order valence-corrected chi connectivity index (χ2v) is 8.27. The highest BCUT2D eigenvalue weighted by Crippen LogP contribution is 2.18. The molecule has 0 radical (unpaired) electrons. The van der Waals surface area contributed by atoms with Crippen LogP contribution in [-0.4, -0.2) is 44.1 Å². The first-order valence-electron chi connectivity index (χ1n) is 8.78. The van der Waals surface area contributed by atoms with Crippen LogP contribution in [0.25, 0.3) is 0 Å². The maximum atomic E-state index is 12.4. The van der Waals surface area contributed by atoms with Crippen LogP contribution in [0.1, 0.15) is 51.2 Å². The van der Waals surface area contributed by atoms with E-state index in [0.29, 0.717) is 5.92 Å². The molecule has 0 spiro atoms. The zero-order valence-electron chi connectivity index (χ0n) is 16.4. The van der Waals surface area contributed by atoms with Gasteiger partial charge in [0, 0.05) is 12.5 Å². The molecule has 0 saturated heterocycles. The Kier molecular flexibility index (Phi) is 10.1. The van der Waals surface area contributed by atoms with Crippen LogP contribution in [0, 0.1) is 5.92 Å². The summed E-state index contributed by atoms with van der Waals surface area (Å²) in [5.74, 6) is 0.675. The van der Waals surface area contributed by atoms with E-state index >= 15 is 0 Å². The molecule has 0 aliphatic carbocycles. The van der Waals surface area contributed by atoms with Crippen LogP contribution in [0.15, 0.2) is 24.3 Å². The van der Waals surface area contributed by atoms with Gasteiger partial charge in [0.15, 0.2) is 0 Å². The van der Waals surface area contributed by atoms with E-state index in [1.165, 1.54) is 5.56 Å². The SMILES string of the molecule is CC(C)Cc1ccc([C@@H](C)C(=O)N[C@H](C)CC[N+](C)(C)C)cc1.[I-]. The van der Waals surface area contributed by atoms with Gasteiger partial charge in [0.05, 0.1) is 33.6 Å². The summed E-state index contributed by atoms with van der Waals surface area (Å²) in [6.07, 6.45) is 2.08. The number of halogens is 1. The average Bonchev–Trinajstić information content (AvgIpc) is 2.44. The molecule has 0 aliphatic heterocycles. The molecule has 1 amide bonds. The van der Waals surface area contributed by atoms with Gasteiger partial charge >= 0.3 is 0 Å². The molecule has 1 aromatic carbocycles. The Labute approximate surface area is 165 Å². The number of benzene rings is 1. The standard InChI is InChI=1S/C20H34N2O.HI/c1-15(2)14-18-8-10-19(11-9-18)17(4)20(23)21-16(3)12-13-22(5,6)7;/h8-11,15-17H,12-14H2,1-7H3;1H/t16-,17-;/m1./s1. The van der Waals surface area contributed by atoms with Crippen molar-refractivity contribution in [2.24, 2.45) is 5.92 Å². The fourth-order valence-electron chi connectivity index (χ4n) is 2.59. The Morgan fingerprint density at radius 1 is 1.04 bits per heavy atom. The Balaban J connectivity index is 0.00000529. The number of carbonyl (C=O) groups excluding carboxylic acids is 1. The number of nitrogens with one attached hydrogen (secondary N) is 1. The van der Waals surface area contributed by atoms with Gasteiger partial charge in [-0.05, 0) is 37.3 Å². The fourth-order valence-corrected chi connectivity index (χ4v) is 2.59. The molecule has 0 bridgehead atoms. The molecule has 138 valence electrons. The summed E-state index contributed by atoms with van der Waals surface area (Å²) in [6, 6.07) is 8.71. The van der Waals surface area contributed by atoms with Gasteiger partial charge in [0.1, 0.15) is 0 Å². The molecular weight excluding hydrogens is 411 g/mol. The second kappa shape index (κ2) is 10.4. The number of nitrogens with zero attached hydrogens (tertiary/aromatic N) is 1. The minimum atomic E-state index is -0.102. The summed E-state index contributed by atoms with van der Waals surface area (Å²) < 4.78 is 0.924. The van der Waals surface area contributed by atoms with Gasteiger partial charge < -0.3 is 33.8 Å². The van der Waals surface area contributed by atoms with Crippen molar-refractivity contribution in [1.29, 1.82) is 0 Å². The van der Waals surface area contributed by atoms with Crippen molar-refractivity contribution in [3.05, 3.63) is 35.4 Å². The Morgan fingerprint density at radius 3 is 2.04 bits per heavy atom. The lowest BCUT2D eigenvalue weighted by Gasteiger charge is -2.26. The van der Waals surface area contributed by atoms with Crippen LogP contribution < -0.4 is 29.3 Å². The zero-order valence-corrected chi connectivity index (χ0v) is 18.6. The van der Waals surface area contributed by atoms with Crippen molar-refractivity contribution in [2.45, 2.75) is 52.5 Å². The third-order valence-corrected chi connectivity index (χ3v) is 4.14. The van der Waals surface area contributed by atoms with E-state index in [-0.39, 0.29) is 41.8 Å². The van der Waals surface area contributed by atoms with E-state index in [1.807, 2.05) is 6.92 Å². The lowest BCUT2D eigenvalue weighted by atomic mass is 9.96. The van der Waals surface area contributed by atoms with Crippen LogP contribution in [-0.2, 0) is 11.2 Å². The van der Waals surface area contributed by atoms with E-state index < -0.39 is 0 Å². The predicted octanol–water partition coefficient (Wildman–Crippen LogP) is 0.594. The topological polar surface area (TPSA) is 29.1 Å². The van der Waals surface area contributed by atoms with Gasteiger partial charge in [-0.3, -0.25) is 4.79 Å². The van der Waals surface area contributed by atoms with Crippen molar-refractivity contribution in [1.82, 2.24) is 5.32 Å². The Hall–Kier alpha value is -0.620. The molecule has 3 nitrogen and oxygen atoms in total. The second-order valence-electron chi connectivity index (χ2n) is 8.27. The molecule has 1 rings (SSSR count). The number of hydrogen-bond acceptors (Lipinski definition) is 1. The third-order valence-electron chi connectivity index (χ3n) is 4.14. The number of amides is 1. The van der Waals surface area contributed by atoms with E-state index in [2.05, 4.69) is 71.5 Å². The molecule has 0 unspecified atom stereocenters. The van der Waals surface area contributed by atoms with Crippen LogP contribution in [0.2, 0.25) is 0 Å². The van der Waals surface area contributed by atoms with E-state index in [1.54, 1.807) is 0 Å². The average molecular weight is 446 g/mol. The molecule has 0 heterocycles. The Bertz CT molecular complexity index is 491. The van der Waals surface area contributed by atoms with Gasteiger partial charge in [-0.1, -0.05) is 38.1 Å². The minimum Gasteiger partial charge on any atom is -1.00 e. The van der Waals surface area contributed by atoms with Crippen molar-refractivity contribution in [2.75, 3.05) is 27.7 Å². The summed E-state index contributed by atoms with van der Waals surface area (Å²) >= 11 is 0. The van der Waals surface area contributed by atoms with Gasteiger partial charge in [-0.2, -0.15) is 0 Å². The number of hydrogen-bond donors (Lipinski definition) is 1. The van der Waals surface area contributed by atoms with Crippen molar-refractivity contribution >= 4 is 5.91 Å². The fraction of sp³-hybridized carbons (Fsp3) is 0.650. The normalized spacial score (nSPS) is 14.0. The maximum absolute atomic E-state index is 12.4. The summed E-state index contributed by atoms with van der Waals surface area (Å²) in [7, 11) is 6.53. The smallest absolute Gasteiger partial charge is 0.227 e. The third kappa shape index (κ3) is 9.02. The van der Waals surface area contributed by atoms with Gasteiger partial charge in [-0.25, -0.2) is 0 Å². The van der Waals surface area contributed by atoms with Crippen LogP contribution in [0.3, 0.4) is 0 Å². The van der Waals surface area contributed by atoms with Crippen LogP contribution in [0.4, 0.5) is 0 Å². The van der Waals surface area contributed by atoms with E-state index in [4.69, 9.17) is 0 Å². The van der Waals surface area contributed by atoms with Gasteiger partial charge in [0.25, 0.3) is 0 Å². The molecule has 1 aromatic rings. The highest BCUT2D eigenvalue weighted by atomic mass is 127. The summed E-state index contributed by atoms with van der Waals surface area (Å²) in [5, 5.41) is 3.15. The summed E-state index contributed by atoms with van der Waals surface area (Å²) in [5.41, 5.74) is 2.43. The molecule has 2 atom stereocenters. The zero-order chi connectivity index (χ0) is 17.6. The Morgan fingerprint density at radius 2 is 1.58 bits per heavy atom. The van der Waals surface area contributed by atoms with Crippen molar-refractivity contribution < 1.29 is 33.3 Å². The first-order valence-corrected chi connectivity index (χ1v) is 8.78. The highest BCUT2D eigenvalue weighted by molar-refractivity contribution is 5.83. The minimum absolute atomic E-state index is 0. The molecule has 24 heavy (non-hydrogen) atoms. The highest BCUT2D eigenvalue weighted by Gasteiger charge is 2.18. The van der Waals surface area contributed by atoms with E-state index in [0.717, 1.165) is 29.4 Å². The van der Waals surface area contributed by atoms with Crippen molar-refractivity contribution in [3.63, 3.8) is 0 Å². The molecule has 0 aliphatic rings. The molecule has 1 N–H and O–H groups in total. The van der Waals surface area contributed by atoms with E-state index in [9.17, 15) is 4.79 Å². The summed E-state index contributed by atoms with van der Waals surface area (Å²) in [4.78, 5) is 12.4. The first kappa shape index (κ1) is 23.4. The lowest BCUT2D eigenvalue weighted by molar-refractivity contribution is -0.870. The van der Waals surface area contributed by atoms with Gasteiger partial charge in [-0.15, -0.1) is 0 Å². The van der Waals surface area contributed by atoms with Crippen LogP contribution >= 0.6 is 0 Å². The molecule has 0 saturated carbocycles. The largest absolute Gasteiger partial charge is 1.00 e. The number of rotatable bonds is 8. The lowest BCUT2D eigenvalue weighted by Crippen LogP contribution is -3.00. The predicted molar refractivity (Wildman–Crippen MR) is 98.5 cm³/mol. The molecule has 4 heteroatoms.